The number of halogens is 2. The third-order valence-corrected chi connectivity index (χ3v) is 4.20. The molecular formula is C20H16ClFN2O4. The van der Waals surface area contributed by atoms with Crippen LogP contribution in [0.5, 0.6) is 0 Å². The normalized spacial score (nSPS) is 14.1. The molecule has 0 aromatic heterocycles. The average Bonchev–Trinajstić information content (AvgIpc) is 2.86. The van der Waals surface area contributed by atoms with Crippen molar-refractivity contribution in [3.8, 4) is 0 Å². The van der Waals surface area contributed by atoms with Gasteiger partial charge in [-0.1, -0.05) is 11.6 Å². The van der Waals surface area contributed by atoms with Gasteiger partial charge in [-0.2, -0.15) is 0 Å². The summed E-state index contributed by atoms with van der Waals surface area (Å²) in [5.41, 5.74) is 0.907. The van der Waals surface area contributed by atoms with Gasteiger partial charge in [0, 0.05) is 5.69 Å². The molecule has 2 aromatic carbocycles. The Kier molecular flexibility index (Phi) is 5.46. The smallest absolute Gasteiger partial charge is 0.338 e. The minimum atomic E-state index is -0.710. The number of ether oxygens (including phenoxy) is 1. The summed E-state index contributed by atoms with van der Waals surface area (Å²) in [5.74, 6) is -2.33. The first-order valence-corrected chi connectivity index (χ1v) is 8.78. The van der Waals surface area contributed by atoms with Gasteiger partial charge in [0.05, 0.1) is 17.4 Å². The van der Waals surface area contributed by atoms with Crippen LogP contribution < -0.4 is 10.2 Å². The number of carbonyl (C=O) groups excluding carboxylic acids is 3. The van der Waals surface area contributed by atoms with Crippen LogP contribution in [-0.4, -0.2) is 23.9 Å². The molecule has 1 aliphatic rings. The number of nitrogens with one attached hydrogen (secondary N) is 1. The summed E-state index contributed by atoms with van der Waals surface area (Å²) in [5, 5.41) is 2.52. The summed E-state index contributed by atoms with van der Waals surface area (Å²) in [6, 6.07) is 11.1. The van der Waals surface area contributed by atoms with Crippen LogP contribution in [-0.2, 0) is 14.3 Å². The predicted octanol–water partition coefficient (Wildman–Crippen LogP) is 3.83. The second-order valence-corrected chi connectivity index (χ2v) is 6.65. The molecule has 28 heavy (non-hydrogen) atoms. The molecule has 0 spiro atoms. The van der Waals surface area contributed by atoms with Gasteiger partial charge < -0.3 is 10.1 Å². The first-order chi connectivity index (χ1) is 13.3. The second kappa shape index (κ2) is 7.82. The van der Waals surface area contributed by atoms with Crippen LogP contribution in [0, 0.1) is 5.82 Å². The molecule has 0 fully saturated rings. The zero-order valence-corrected chi connectivity index (χ0v) is 15.8. The van der Waals surface area contributed by atoms with Gasteiger partial charge in [0.2, 0.25) is 0 Å². The van der Waals surface area contributed by atoms with Crippen LogP contribution in [0.2, 0.25) is 0 Å². The zero-order chi connectivity index (χ0) is 20.4. The van der Waals surface area contributed by atoms with Crippen LogP contribution >= 0.6 is 11.6 Å². The molecule has 0 atom stereocenters. The van der Waals surface area contributed by atoms with Gasteiger partial charge in [-0.25, -0.2) is 14.1 Å². The second-order valence-electron chi connectivity index (χ2n) is 6.27. The molecule has 144 valence electrons. The Labute approximate surface area is 165 Å². The fourth-order valence-corrected chi connectivity index (χ4v) is 2.76. The summed E-state index contributed by atoms with van der Waals surface area (Å²) < 4.78 is 18.2. The van der Waals surface area contributed by atoms with E-state index in [0.717, 1.165) is 17.0 Å². The van der Waals surface area contributed by atoms with Crippen LogP contribution in [0.1, 0.15) is 24.2 Å². The van der Waals surface area contributed by atoms with Gasteiger partial charge in [0.15, 0.2) is 0 Å². The molecule has 0 saturated heterocycles. The lowest BCUT2D eigenvalue weighted by atomic mass is 10.2. The van der Waals surface area contributed by atoms with Crippen molar-refractivity contribution in [2.45, 2.75) is 20.0 Å². The number of hydrogen-bond donors (Lipinski definition) is 1. The summed E-state index contributed by atoms with van der Waals surface area (Å²) in [6.07, 6.45) is -0.242. The van der Waals surface area contributed by atoms with E-state index in [-0.39, 0.29) is 22.5 Å². The minimum absolute atomic E-state index is 0.103. The molecular weight excluding hydrogens is 387 g/mol. The highest BCUT2D eigenvalue weighted by molar-refractivity contribution is 6.53. The first kappa shape index (κ1) is 19.6. The lowest BCUT2D eigenvalue weighted by molar-refractivity contribution is -0.120. The Bertz CT molecular complexity index is 969. The van der Waals surface area contributed by atoms with Gasteiger partial charge in [0.1, 0.15) is 16.5 Å². The fraction of sp³-hybridized carbons (Fsp3) is 0.150. The lowest BCUT2D eigenvalue weighted by Gasteiger charge is -2.15. The number of anilines is 2. The van der Waals surface area contributed by atoms with Crippen molar-refractivity contribution in [2.75, 3.05) is 10.2 Å². The molecule has 0 aliphatic carbocycles. The van der Waals surface area contributed by atoms with E-state index in [1.807, 2.05) is 0 Å². The maximum Gasteiger partial charge on any atom is 0.338 e. The molecule has 3 rings (SSSR count). The predicted molar refractivity (Wildman–Crippen MR) is 102 cm³/mol. The SMILES string of the molecule is CC(C)OC(=O)c1ccc(NC2=C(Cl)C(=O)N(c3ccc(F)cc3)C2=O)cc1. The first-order valence-electron chi connectivity index (χ1n) is 8.40. The van der Waals surface area contributed by atoms with Crippen molar-refractivity contribution < 1.29 is 23.5 Å². The van der Waals surface area contributed by atoms with Crippen LogP contribution in [0.25, 0.3) is 0 Å². The quantitative estimate of drug-likeness (QED) is 0.607. The van der Waals surface area contributed by atoms with Gasteiger partial charge in [0.25, 0.3) is 11.8 Å². The number of amides is 2. The van der Waals surface area contributed by atoms with Crippen molar-refractivity contribution in [1.29, 1.82) is 0 Å². The Morgan fingerprint density at radius 3 is 2.21 bits per heavy atom. The maximum absolute atomic E-state index is 13.1. The maximum atomic E-state index is 13.1. The zero-order valence-electron chi connectivity index (χ0n) is 15.0. The molecule has 1 N–H and O–H groups in total. The minimum Gasteiger partial charge on any atom is -0.459 e. The molecule has 2 amide bonds. The number of rotatable bonds is 5. The van der Waals surface area contributed by atoms with Crippen molar-refractivity contribution in [1.82, 2.24) is 0 Å². The van der Waals surface area contributed by atoms with E-state index in [0.29, 0.717) is 11.3 Å². The van der Waals surface area contributed by atoms with Crippen LogP contribution in [0.4, 0.5) is 15.8 Å². The highest BCUT2D eigenvalue weighted by Gasteiger charge is 2.38. The van der Waals surface area contributed by atoms with E-state index < -0.39 is 23.6 Å². The number of carbonyl (C=O) groups is 3. The molecule has 1 heterocycles. The number of benzene rings is 2. The van der Waals surface area contributed by atoms with Crippen molar-refractivity contribution in [3.05, 3.63) is 70.6 Å². The Hall–Kier alpha value is -3.19. The third kappa shape index (κ3) is 3.89. The Morgan fingerprint density at radius 1 is 1.04 bits per heavy atom. The summed E-state index contributed by atoms with van der Waals surface area (Å²) in [4.78, 5) is 37.7. The summed E-state index contributed by atoms with van der Waals surface area (Å²) in [7, 11) is 0. The van der Waals surface area contributed by atoms with Gasteiger partial charge in [-0.15, -0.1) is 0 Å². The van der Waals surface area contributed by atoms with E-state index in [4.69, 9.17) is 16.3 Å². The van der Waals surface area contributed by atoms with E-state index in [1.54, 1.807) is 26.0 Å². The lowest BCUT2D eigenvalue weighted by Crippen LogP contribution is -2.32. The molecule has 0 saturated carbocycles. The topological polar surface area (TPSA) is 75.7 Å². The van der Waals surface area contributed by atoms with Gasteiger partial charge in [-0.05, 0) is 62.4 Å². The van der Waals surface area contributed by atoms with E-state index >= 15 is 0 Å². The number of imide groups is 1. The largest absolute Gasteiger partial charge is 0.459 e. The molecule has 0 bridgehead atoms. The molecule has 6 nitrogen and oxygen atoms in total. The van der Waals surface area contributed by atoms with E-state index in [1.165, 1.54) is 24.3 Å². The summed E-state index contributed by atoms with van der Waals surface area (Å²) >= 11 is 6.05. The van der Waals surface area contributed by atoms with Crippen molar-refractivity contribution in [2.24, 2.45) is 0 Å². The van der Waals surface area contributed by atoms with E-state index in [9.17, 15) is 18.8 Å². The molecule has 2 aromatic rings. The van der Waals surface area contributed by atoms with Crippen molar-refractivity contribution in [3.63, 3.8) is 0 Å². The molecule has 8 heteroatoms. The Morgan fingerprint density at radius 2 is 1.64 bits per heavy atom. The molecule has 0 unspecified atom stereocenters. The standard InChI is InChI=1S/C20H16ClFN2O4/c1-11(2)28-20(27)12-3-7-14(8-4-12)23-17-16(21)18(25)24(19(17)26)15-9-5-13(22)6-10-15/h3-11,23H,1-2H3. The monoisotopic (exact) mass is 402 g/mol. The Balaban J connectivity index is 1.78. The highest BCUT2D eigenvalue weighted by atomic mass is 35.5. The van der Waals surface area contributed by atoms with Gasteiger partial charge in [-0.3, -0.25) is 9.59 Å². The molecule has 0 radical (unpaired) electrons. The fourth-order valence-electron chi connectivity index (χ4n) is 2.55. The van der Waals surface area contributed by atoms with Crippen LogP contribution in [0.15, 0.2) is 59.3 Å². The average molecular weight is 403 g/mol. The summed E-state index contributed by atoms with van der Waals surface area (Å²) in [6.45, 7) is 3.50. The highest BCUT2D eigenvalue weighted by Crippen LogP contribution is 2.30. The van der Waals surface area contributed by atoms with Crippen molar-refractivity contribution >= 4 is 40.8 Å². The van der Waals surface area contributed by atoms with Gasteiger partial charge >= 0.3 is 5.97 Å². The van der Waals surface area contributed by atoms with Crippen LogP contribution in [0.3, 0.4) is 0 Å². The van der Waals surface area contributed by atoms with E-state index in [2.05, 4.69) is 5.32 Å². The molecule has 1 aliphatic heterocycles. The number of nitrogens with zero attached hydrogens (tertiary/aromatic N) is 1. The number of hydrogen-bond acceptors (Lipinski definition) is 5. The third-order valence-electron chi connectivity index (χ3n) is 3.84. The number of esters is 1.